The number of hydrogen-bond acceptors (Lipinski definition) is 4. The highest BCUT2D eigenvalue weighted by Crippen LogP contribution is 2.24. The lowest BCUT2D eigenvalue weighted by Gasteiger charge is -2.29. The van der Waals surface area contributed by atoms with E-state index in [4.69, 9.17) is 9.47 Å². The fourth-order valence-electron chi connectivity index (χ4n) is 2.35. The fourth-order valence-corrected chi connectivity index (χ4v) is 2.35. The predicted molar refractivity (Wildman–Crippen MR) is 86.0 cm³/mol. The van der Waals surface area contributed by atoms with E-state index in [2.05, 4.69) is 25.7 Å². The Balaban J connectivity index is 2.83. The Bertz CT molecular complexity index is 398. The van der Waals surface area contributed by atoms with E-state index >= 15 is 0 Å². The van der Waals surface area contributed by atoms with Gasteiger partial charge in [-0.05, 0) is 38.0 Å². The molecule has 0 saturated heterocycles. The second kappa shape index (κ2) is 8.90. The van der Waals surface area contributed by atoms with E-state index < -0.39 is 0 Å². The second-order valence-corrected chi connectivity index (χ2v) is 5.69. The lowest BCUT2D eigenvalue weighted by atomic mass is 10.1. The lowest BCUT2D eigenvalue weighted by molar-refractivity contribution is 0.0842. The van der Waals surface area contributed by atoms with Crippen molar-refractivity contribution in [3.05, 3.63) is 23.8 Å². The van der Waals surface area contributed by atoms with E-state index in [-0.39, 0.29) is 6.10 Å². The third-order valence-corrected chi connectivity index (χ3v) is 3.59. The van der Waals surface area contributed by atoms with Crippen LogP contribution in [-0.4, -0.2) is 42.9 Å². The van der Waals surface area contributed by atoms with E-state index in [9.17, 15) is 5.11 Å². The minimum absolute atomic E-state index is 0.273. The van der Waals surface area contributed by atoms with E-state index in [1.807, 2.05) is 18.2 Å². The average molecular weight is 295 g/mol. The molecule has 1 N–H and O–H groups in total. The molecule has 4 heteroatoms. The van der Waals surface area contributed by atoms with Crippen LogP contribution in [0.2, 0.25) is 0 Å². The van der Waals surface area contributed by atoms with Crippen LogP contribution in [0.15, 0.2) is 18.2 Å². The van der Waals surface area contributed by atoms with Crippen LogP contribution in [-0.2, 0) is 6.54 Å². The molecule has 0 aliphatic heterocycles. The minimum atomic E-state index is -0.273. The van der Waals surface area contributed by atoms with Crippen molar-refractivity contribution < 1.29 is 14.6 Å². The second-order valence-electron chi connectivity index (χ2n) is 5.69. The molecule has 0 heterocycles. The maximum absolute atomic E-state index is 10.1. The first-order valence-corrected chi connectivity index (χ1v) is 7.64. The van der Waals surface area contributed by atoms with Crippen molar-refractivity contribution in [2.45, 2.75) is 52.3 Å². The number of aliphatic hydroxyl groups is 1. The van der Waals surface area contributed by atoms with Crippen molar-refractivity contribution in [2.75, 3.05) is 20.8 Å². The number of hydrogen-bond donors (Lipinski definition) is 1. The zero-order valence-electron chi connectivity index (χ0n) is 13.9. The van der Waals surface area contributed by atoms with Gasteiger partial charge in [0.05, 0.1) is 20.3 Å². The molecule has 0 aliphatic rings. The Morgan fingerprint density at radius 1 is 1.10 bits per heavy atom. The van der Waals surface area contributed by atoms with Crippen molar-refractivity contribution in [1.29, 1.82) is 0 Å². The molecule has 0 aliphatic carbocycles. The largest absolute Gasteiger partial charge is 0.497 e. The van der Waals surface area contributed by atoms with E-state index in [1.165, 1.54) is 0 Å². The molecule has 1 rings (SSSR count). The van der Waals surface area contributed by atoms with Crippen molar-refractivity contribution in [2.24, 2.45) is 0 Å². The third-order valence-electron chi connectivity index (χ3n) is 3.59. The molecule has 21 heavy (non-hydrogen) atoms. The molecular formula is C17H29NO3. The van der Waals surface area contributed by atoms with Gasteiger partial charge in [-0.3, -0.25) is 4.90 Å². The predicted octanol–water partition coefficient (Wildman–Crippen LogP) is 3.08. The molecule has 0 fully saturated rings. The molecule has 4 nitrogen and oxygen atoms in total. The maximum atomic E-state index is 10.1. The quantitative estimate of drug-likeness (QED) is 0.760. The molecule has 1 atom stereocenters. The van der Waals surface area contributed by atoms with Gasteiger partial charge in [0.2, 0.25) is 0 Å². The van der Waals surface area contributed by atoms with E-state index in [0.29, 0.717) is 12.6 Å². The van der Waals surface area contributed by atoms with Crippen LogP contribution in [0.25, 0.3) is 0 Å². The van der Waals surface area contributed by atoms with Gasteiger partial charge in [0.25, 0.3) is 0 Å². The highest BCUT2D eigenvalue weighted by atomic mass is 16.5. The highest BCUT2D eigenvalue weighted by Gasteiger charge is 2.15. The summed E-state index contributed by atoms with van der Waals surface area (Å²) >= 11 is 0. The molecule has 0 amide bonds. The Hall–Kier alpha value is -1.26. The van der Waals surface area contributed by atoms with Crippen molar-refractivity contribution in [3.8, 4) is 11.5 Å². The monoisotopic (exact) mass is 295 g/mol. The Kier molecular flexibility index (Phi) is 7.54. The average Bonchev–Trinajstić information content (AvgIpc) is 2.46. The molecule has 0 unspecified atom stereocenters. The zero-order valence-corrected chi connectivity index (χ0v) is 13.9. The summed E-state index contributed by atoms with van der Waals surface area (Å²) in [5.74, 6) is 1.59. The first-order valence-electron chi connectivity index (χ1n) is 7.64. The number of aliphatic hydroxyl groups excluding tert-OH is 1. The minimum Gasteiger partial charge on any atom is -0.497 e. The lowest BCUT2D eigenvalue weighted by Crippen LogP contribution is -2.37. The smallest absolute Gasteiger partial charge is 0.122 e. The van der Waals surface area contributed by atoms with Gasteiger partial charge in [0.1, 0.15) is 11.5 Å². The van der Waals surface area contributed by atoms with Gasteiger partial charge in [-0.1, -0.05) is 13.3 Å². The van der Waals surface area contributed by atoms with Gasteiger partial charge in [-0.15, -0.1) is 0 Å². The van der Waals surface area contributed by atoms with Crippen LogP contribution in [0.3, 0.4) is 0 Å². The van der Waals surface area contributed by atoms with Crippen LogP contribution in [0.1, 0.15) is 39.2 Å². The molecule has 0 saturated carbocycles. The standard InChI is InChI=1S/C17H29NO3/c1-6-7-15(19)12-18(13(2)3)11-14-8-16(20-4)10-17(9-14)21-5/h8-10,13,15,19H,6-7,11-12H2,1-5H3/t15-/m1/s1. The van der Waals surface area contributed by atoms with Gasteiger partial charge >= 0.3 is 0 Å². The van der Waals surface area contributed by atoms with E-state index in [0.717, 1.165) is 36.4 Å². The fraction of sp³-hybridized carbons (Fsp3) is 0.647. The first-order chi connectivity index (χ1) is 9.99. The summed E-state index contributed by atoms with van der Waals surface area (Å²) in [5, 5.41) is 10.1. The summed E-state index contributed by atoms with van der Waals surface area (Å²) in [5.41, 5.74) is 1.13. The number of methoxy groups -OCH3 is 2. The molecule has 0 aromatic heterocycles. The van der Waals surface area contributed by atoms with Crippen LogP contribution >= 0.6 is 0 Å². The number of rotatable bonds is 9. The number of ether oxygens (including phenoxy) is 2. The van der Waals surface area contributed by atoms with Gasteiger partial charge in [-0.25, -0.2) is 0 Å². The zero-order chi connectivity index (χ0) is 15.8. The number of nitrogens with zero attached hydrogens (tertiary/aromatic N) is 1. The molecule has 0 radical (unpaired) electrons. The summed E-state index contributed by atoms with van der Waals surface area (Å²) in [6, 6.07) is 6.28. The number of benzene rings is 1. The van der Waals surface area contributed by atoms with Crippen LogP contribution in [0.4, 0.5) is 0 Å². The van der Waals surface area contributed by atoms with Gasteiger partial charge in [-0.2, -0.15) is 0 Å². The van der Waals surface area contributed by atoms with Gasteiger partial charge in [0, 0.05) is 25.2 Å². The van der Waals surface area contributed by atoms with Crippen LogP contribution in [0.5, 0.6) is 11.5 Å². The SMILES string of the molecule is CCC[C@@H](O)CN(Cc1cc(OC)cc(OC)c1)C(C)C. The first kappa shape index (κ1) is 17.8. The van der Waals surface area contributed by atoms with Crippen molar-refractivity contribution in [3.63, 3.8) is 0 Å². The normalized spacial score (nSPS) is 12.8. The third kappa shape index (κ3) is 5.94. The summed E-state index contributed by atoms with van der Waals surface area (Å²) in [6.07, 6.45) is 1.56. The molecule has 1 aromatic rings. The topological polar surface area (TPSA) is 41.9 Å². The molecule has 120 valence electrons. The highest BCUT2D eigenvalue weighted by molar-refractivity contribution is 5.38. The molecular weight excluding hydrogens is 266 g/mol. The maximum Gasteiger partial charge on any atom is 0.122 e. The Labute approximate surface area is 128 Å². The van der Waals surface area contributed by atoms with Gasteiger partial charge < -0.3 is 14.6 Å². The summed E-state index contributed by atoms with van der Waals surface area (Å²) in [7, 11) is 3.31. The summed E-state index contributed by atoms with van der Waals surface area (Å²) in [4.78, 5) is 2.27. The van der Waals surface area contributed by atoms with Crippen molar-refractivity contribution >= 4 is 0 Å². The Morgan fingerprint density at radius 2 is 1.67 bits per heavy atom. The molecule has 0 bridgehead atoms. The van der Waals surface area contributed by atoms with Gasteiger partial charge in [0.15, 0.2) is 0 Å². The summed E-state index contributed by atoms with van der Waals surface area (Å²) < 4.78 is 10.6. The van der Waals surface area contributed by atoms with Crippen LogP contribution < -0.4 is 9.47 Å². The Morgan fingerprint density at radius 3 is 2.10 bits per heavy atom. The molecule has 1 aromatic carbocycles. The molecule has 0 spiro atoms. The summed E-state index contributed by atoms with van der Waals surface area (Å²) in [6.45, 7) is 7.85. The van der Waals surface area contributed by atoms with Crippen LogP contribution in [0, 0.1) is 0 Å². The van der Waals surface area contributed by atoms with E-state index in [1.54, 1.807) is 14.2 Å². The van der Waals surface area contributed by atoms with Crippen molar-refractivity contribution in [1.82, 2.24) is 4.90 Å².